The molecule has 1 heterocycles. The lowest BCUT2D eigenvalue weighted by molar-refractivity contribution is -0.385. The first-order chi connectivity index (χ1) is 14.6. The van der Waals surface area contributed by atoms with Crippen molar-refractivity contribution in [2.75, 3.05) is 41.4 Å². The number of hydrogen-bond acceptors (Lipinski definition) is 6. The first kappa shape index (κ1) is 23.0. The summed E-state index contributed by atoms with van der Waals surface area (Å²) in [6, 6.07) is 7.70. The summed E-state index contributed by atoms with van der Waals surface area (Å²) in [6.07, 6.45) is -4.59. The van der Waals surface area contributed by atoms with Crippen LogP contribution in [0.2, 0.25) is 5.02 Å². The Hall–Kier alpha value is -2.66. The highest BCUT2D eigenvalue weighted by Gasteiger charge is 2.29. The normalized spacial score (nSPS) is 14.3. The van der Waals surface area contributed by atoms with Gasteiger partial charge in [-0.15, -0.1) is 0 Å². The number of nitrogens with one attached hydrogen (secondary N) is 1. The number of amides is 1. The van der Waals surface area contributed by atoms with E-state index in [9.17, 15) is 28.1 Å². The van der Waals surface area contributed by atoms with E-state index < -0.39 is 34.9 Å². The molecule has 1 saturated heterocycles. The number of nitro groups is 1. The van der Waals surface area contributed by atoms with Gasteiger partial charge in [0.2, 0.25) is 0 Å². The van der Waals surface area contributed by atoms with Gasteiger partial charge in [0.05, 0.1) is 15.6 Å². The number of benzene rings is 2. The van der Waals surface area contributed by atoms with Gasteiger partial charge in [-0.05, 0) is 30.3 Å². The van der Waals surface area contributed by atoms with Crippen molar-refractivity contribution in [3.8, 4) is 5.75 Å². The minimum atomic E-state index is -4.59. The van der Waals surface area contributed by atoms with E-state index in [0.717, 1.165) is 48.5 Å². The number of halogens is 4. The van der Waals surface area contributed by atoms with E-state index in [1.807, 2.05) is 11.8 Å². The van der Waals surface area contributed by atoms with Crippen LogP contribution in [-0.4, -0.2) is 48.2 Å². The van der Waals surface area contributed by atoms with E-state index in [2.05, 4.69) is 15.0 Å². The second-order valence-electron chi connectivity index (χ2n) is 6.56. The molecule has 166 valence electrons. The van der Waals surface area contributed by atoms with Gasteiger partial charge < -0.3 is 15.0 Å². The summed E-state index contributed by atoms with van der Waals surface area (Å²) in [4.78, 5) is 25.2. The second kappa shape index (κ2) is 9.65. The molecule has 0 aromatic heterocycles. The van der Waals surface area contributed by atoms with Gasteiger partial charge in [-0.25, -0.2) is 0 Å². The van der Waals surface area contributed by atoms with Crippen LogP contribution in [0.15, 0.2) is 36.4 Å². The smallest absolute Gasteiger partial charge is 0.422 e. The molecule has 0 aliphatic carbocycles. The molecule has 1 N–H and O–H groups in total. The van der Waals surface area contributed by atoms with Gasteiger partial charge in [0.15, 0.2) is 6.61 Å². The van der Waals surface area contributed by atoms with Crippen LogP contribution < -0.4 is 15.0 Å². The number of anilines is 2. The Bertz CT molecular complexity index is 984. The lowest BCUT2D eigenvalue weighted by Crippen LogP contribution is -2.32. The maximum atomic E-state index is 12.6. The minimum absolute atomic E-state index is 0.293. The van der Waals surface area contributed by atoms with E-state index in [0.29, 0.717) is 10.7 Å². The molecule has 0 unspecified atom stereocenters. The highest BCUT2D eigenvalue weighted by atomic mass is 35.5. The number of rotatable bonds is 6. The fraction of sp³-hybridized carbons (Fsp3) is 0.316. The molecule has 7 nitrogen and oxygen atoms in total. The molecule has 2 aromatic carbocycles. The van der Waals surface area contributed by atoms with Crippen LogP contribution in [-0.2, 0) is 0 Å². The number of carbonyl (C=O) groups is 1. The fourth-order valence-electron chi connectivity index (χ4n) is 2.95. The number of nitrogens with zero attached hydrogens (tertiary/aromatic N) is 2. The summed E-state index contributed by atoms with van der Waals surface area (Å²) in [5.41, 5.74) is 0.109. The lowest BCUT2D eigenvalue weighted by Gasteiger charge is -2.29. The summed E-state index contributed by atoms with van der Waals surface area (Å²) in [6.45, 7) is 0.0952. The molecule has 1 aliphatic rings. The number of carbonyl (C=O) groups excluding carboxylic acids is 1. The molecular formula is C19H17ClF3N3O4S. The second-order valence-corrected chi connectivity index (χ2v) is 8.19. The van der Waals surface area contributed by atoms with E-state index in [1.54, 1.807) is 12.1 Å². The fourth-order valence-corrected chi connectivity index (χ4v) is 4.16. The van der Waals surface area contributed by atoms with Crippen LogP contribution in [0.3, 0.4) is 0 Å². The Morgan fingerprint density at radius 2 is 1.94 bits per heavy atom. The zero-order chi connectivity index (χ0) is 22.6. The molecule has 0 atom stereocenters. The van der Waals surface area contributed by atoms with Gasteiger partial charge in [0.25, 0.3) is 11.6 Å². The van der Waals surface area contributed by atoms with Crippen molar-refractivity contribution in [1.29, 1.82) is 0 Å². The van der Waals surface area contributed by atoms with E-state index in [1.165, 1.54) is 6.07 Å². The van der Waals surface area contributed by atoms with Crippen LogP contribution in [0.1, 0.15) is 10.4 Å². The van der Waals surface area contributed by atoms with Gasteiger partial charge in [-0.1, -0.05) is 11.6 Å². The largest absolute Gasteiger partial charge is 0.484 e. The van der Waals surface area contributed by atoms with Crippen LogP contribution in [0.25, 0.3) is 0 Å². The lowest BCUT2D eigenvalue weighted by atomic mass is 10.1. The van der Waals surface area contributed by atoms with E-state index in [4.69, 9.17) is 11.6 Å². The highest BCUT2D eigenvalue weighted by Crippen LogP contribution is 2.32. The average Bonchev–Trinajstić information content (AvgIpc) is 2.72. The molecule has 31 heavy (non-hydrogen) atoms. The van der Waals surface area contributed by atoms with Crippen molar-refractivity contribution in [1.82, 2.24) is 0 Å². The summed E-state index contributed by atoms with van der Waals surface area (Å²) in [5.74, 6) is 0.767. The van der Waals surface area contributed by atoms with Crippen LogP contribution in [0.4, 0.5) is 30.2 Å². The van der Waals surface area contributed by atoms with Gasteiger partial charge >= 0.3 is 6.18 Å². The first-order valence-corrected chi connectivity index (χ1v) is 10.6. The van der Waals surface area contributed by atoms with Crippen LogP contribution >= 0.6 is 23.4 Å². The predicted molar refractivity (Wildman–Crippen MR) is 114 cm³/mol. The van der Waals surface area contributed by atoms with Crippen LogP contribution in [0.5, 0.6) is 5.75 Å². The third kappa shape index (κ3) is 6.17. The standard InChI is InChI=1S/C19H17ClF3N3O4S/c20-15-9-12(1-3-17(15)25-5-7-31-8-6-25)24-18(27)14-10-13(30-11-19(21,22)23)2-4-16(14)26(28)29/h1-4,9-10H,5-8,11H2,(H,24,27). The predicted octanol–water partition coefficient (Wildman–Crippen LogP) is 4.99. The molecule has 0 radical (unpaired) electrons. The summed E-state index contributed by atoms with van der Waals surface area (Å²) in [7, 11) is 0. The van der Waals surface area contributed by atoms with Crippen molar-refractivity contribution in [2.24, 2.45) is 0 Å². The molecular weight excluding hydrogens is 459 g/mol. The third-order valence-electron chi connectivity index (χ3n) is 4.37. The van der Waals surface area contributed by atoms with Crippen molar-refractivity contribution in [3.63, 3.8) is 0 Å². The molecule has 0 saturated carbocycles. The third-order valence-corrected chi connectivity index (χ3v) is 5.61. The Kier molecular flexibility index (Phi) is 7.16. The van der Waals surface area contributed by atoms with Gasteiger partial charge in [-0.2, -0.15) is 24.9 Å². The number of nitro benzene ring substituents is 1. The summed E-state index contributed by atoms with van der Waals surface area (Å²) < 4.78 is 41.7. The molecule has 0 bridgehead atoms. The highest BCUT2D eigenvalue weighted by molar-refractivity contribution is 7.99. The van der Waals surface area contributed by atoms with Gasteiger partial charge in [-0.3, -0.25) is 14.9 Å². The zero-order valence-electron chi connectivity index (χ0n) is 15.9. The van der Waals surface area contributed by atoms with Crippen molar-refractivity contribution in [2.45, 2.75) is 6.18 Å². The number of thioether (sulfide) groups is 1. The van der Waals surface area contributed by atoms with Crippen LogP contribution in [0, 0.1) is 10.1 Å². The topological polar surface area (TPSA) is 84.7 Å². The molecule has 1 aliphatic heterocycles. The van der Waals surface area contributed by atoms with Gasteiger partial charge in [0.1, 0.15) is 11.3 Å². The first-order valence-electron chi connectivity index (χ1n) is 9.05. The van der Waals surface area contributed by atoms with Crippen molar-refractivity contribution in [3.05, 3.63) is 57.1 Å². The molecule has 1 fully saturated rings. The Morgan fingerprint density at radius 3 is 2.55 bits per heavy atom. The average molecular weight is 476 g/mol. The number of alkyl halides is 3. The Balaban J connectivity index is 1.79. The summed E-state index contributed by atoms with van der Waals surface area (Å²) in [5, 5.41) is 14.2. The molecule has 2 aromatic rings. The number of ether oxygens (including phenoxy) is 1. The molecule has 1 amide bonds. The maximum absolute atomic E-state index is 12.6. The molecule has 12 heteroatoms. The maximum Gasteiger partial charge on any atom is 0.422 e. The van der Waals surface area contributed by atoms with Crippen molar-refractivity contribution >= 4 is 46.3 Å². The Labute approximate surface area is 184 Å². The summed E-state index contributed by atoms with van der Waals surface area (Å²) >= 11 is 8.20. The zero-order valence-corrected chi connectivity index (χ0v) is 17.5. The van der Waals surface area contributed by atoms with E-state index in [-0.39, 0.29) is 5.75 Å². The number of hydrogen-bond donors (Lipinski definition) is 1. The SMILES string of the molecule is O=C(Nc1ccc(N2CCSCC2)c(Cl)c1)c1cc(OCC(F)(F)F)ccc1[N+](=O)[O-]. The minimum Gasteiger partial charge on any atom is -0.484 e. The van der Waals surface area contributed by atoms with Gasteiger partial charge in [0, 0.05) is 36.3 Å². The Morgan fingerprint density at radius 1 is 1.23 bits per heavy atom. The van der Waals surface area contributed by atoms with E-state index >= 15 is 0 Å². The molecule has 0 spiro atoms. The monoisotopic (exact) mass is 475 g/mol. The molecule has 3 rings (SSSR count). The van der Waals surface area contributed by atoms with Crippen molar-refractivity contribution < 1.29 is 27.6 Å². The quantitative estimate of drug-likeness (QED) is 0.468.